The first-order valence-electron chi connectivity index (χ1n) is 19.7. The summed E-state index contributed by atoms with van der Waals surface area (Å²) in [6.07, 6.45) is 0. The van der Waals surface area contributed by atoms with E-state index in [1.54, 1.807) is 0 Å². The topological polar surface area (TPSA) is 28.9 Å². The number of fused-ring (bicyclic) bond motifs is 3. The molecule has 10 aromatic carbocycles. The van der Waals surface area contributed by atoms with Crippen molar-refractivity contribution >= 4 is 88.4 Å². The fourth-order valence-corrected chi connectivity index (χ4v) is 9.07. The smallest absolute Gasteiger partial charge is 0.159 e. The highest BCUT2D eigenvalue weighted by atomic mass is 16.5. The van der Waals surface area contributed by atoms with Gasteiger partial charge in [0.25, 0.3) is 0 Å². The molecule has 0 saturated carbocycles. The van der Waals surface area contributed by atoms with E-state index in [2.05, 4.69) is 204 Å². The van der Waals surface area contributed by atoms with Crippen LogP contribution in [0.3, 0.4) is 0 Å². The average Bonchev–Trinajstić information content (AvgIpc) is 3.67. The van der Waals surface area contributed by atoms with Gasteiger partial charge in [-0.05, 0) is 77.0 Å². The number of nitrogens with zero attached hydrogens (tertiary/aromatic N) is 2. The van der Waals surface area contributed by atoms with Gasteiger partial charge in [0.15, 0.2) is 5.58 Å². The van der Waals surface area contributed by atoms with E-state index in [-0.39, 0.29) is 0 Å². The minimum Gasteiger partial charge on any atom is -0.456 e. The number of ether oxygens (including phenoxy) is 1. The Morgan fingerprint density at radius 1 is 0.345 bits per heavy atom. The highest BCUT2D eigenvalue weighted by Crippen LogP contribution is 2.54. The molecule has 2 heterocycles. The summed E-state index contributed by atoms with van der Waals surface area (Å²) in [5.74, 6) is 1.68. The van der Waals surface area contributed by atoms with E-state index in [1.165, 1.54) is 5.39 Å². The van der Waals surface area contributed by atoms with Gasteiger partial charge in [0.2, 0.25) is 0 Å². The molecule has 0 aliphatic carbocycles. The van der Waals surface area contributed by atoms with Crippen molar-refractivity contribution in [1.82, 2.24) is 0 Å². The number of furan rings is 1. The third-order valence-corrected chi connectivity index (χ3v) is 11.5. The van der Waals surface area contributed by atoms with Gasteiger partial charge in [-0.15, -0.1) is 0 Å². The van der Waals surface area contributed by atoms with Crippen LogP contribution < -0.4 is 14.5 Å². The summed E-state index contributed by atoms with van der Waals surface area (Å²) in [5, 5.41) is 8.98. The van der Waals surface area contributed by atoms with E-state index in [0.29, 0.717) is 0 Å². The minimum atomic E-state index is 0.840. The Morgan fingerprint density at radius 3 is 1.78 bits per heavy atom. The number of hydrogen-bond acceptors (Lipinski definition) is 4. The van der Waals surface area contributed by atoms with Gasteiger partial charge in [-0.3, -0.25) is 0 Å². The normalized spacial score (nSPS) is 11.9. The zero-order chi connectivity index (χ0) is 38.2. The van der Waals surface area contributed by atoms with Crippen LogP contribution >= 0.6 is 0 Å². The zero-order valence-electron chi connectivity index (χ0n) is 31.3. The third-order valence-electron chi connectivity index (χ3n) is 11.5. The Labute approximate surface area is 335 Å². The van der Waals surface area contributed by atoms with Crippen LogP contribution in [0.15, 0.2) is 211 Å². The lowest BCUT2D eigenvalue weighted by Gasteiger charge is -2.31. The van der Waals surface area contributed by atoms with Crippen LogP contribution in [0.2, 0.25) is 0 Å². The third kappa shape index (κ3) is 4.95. The predicted molar refractivity (Wildman–Crippen MR) is 241 cm³/mol. The van der Waals surface area contributed by atoms with Crippen molar-refractivity contribution in [2.24, 2.45) is 0 Å². The second kappa shape index (κ2) is 12.9. The molecule has 58 heavy (non-hydrogen) atoms. The van der Waals surface area contributed by atoms with E-state index < -0.39 is 0 Å². The maximum atomic E-state index is 7.06. The molecule has 272 valence electrons. The Morgan fingerprint density at radius 2 is 0.966 bits per heavy atom. The lowest BCUT2D eigenvalue weighted by Crippen LogP contribution is -2.12. The molecule has 0 saturated heterocycles. The first-order chi connectivity index (χ1) is 28.8. The largest absolute Gasteiger partial charge is 0.456 e. The molecule has 1 aliphatic heterocycles. The standard InChI is InChI=1S/C54H34N2O2/c1-4-16-35(17-5-1)41-22-10-12-26-45(41)55(38-18-6-2-7-19-38)40-32-36-30-31-37-33-47(44-25-15-29-49-53(44)52(37)51(36)50(34-40)57-49)56(39-20-8-3-9-21-39)46-27-14-24-43-42-23-11-13-28-48(42)58-54(43)46/h1-34H. The molecule has 0 N–H and O–H groups in total. The molecule has 12 rings (SSSR count). The van der Waals surface area contributed by atoms with E-state index in [9.17, 15) is 0 Å². The average molecular weight is 743 g/mol. The van der Waals surface area contributed by atoms with Crippen molar-refractivity contribution in [2.45, 2.75) is 0 Å². The van der Waals surface area contributed by atoms with Crippen molar-refractivity contribution in [3.8, 4) is 22.6 Å². The first-order valence-corrected chi connectivity index (χ1v) is 19.7. The Bertz CT molecular complexity index is 3380. The van der Waals surface area contributed by atoms with Crippen LogP contribution in [0.4, 0.5) is 34.1 Å². The summed E-state index contributed by atoms with van der Waals surface area (Å²) in [6, 6.07) is 73.0. The summed E-state index contributed by atoms with van der Waals surface area (Å²) < 4.78 is 13.7. The van der Waals surface area contributed by atoms with Gasteiger partial charge in [0, 0.05) is 55.3 Å². The van der Waals surface area contributed by atoms with Crippen molar-refractivity contribution in [2.75, 3.05) is 9.80 Å². The molecule has 1 aromatic heterocycles. The van der Waals surface area contributed by atoms with Crippen molar-refractivity contribution in [3.63, 3.8) is 0 Å². The van der Waals surface area contributed by atoms with E-state index in [0.717, 1.165) is 106 Å². The second-order valence-corrected chi connectivity index (χ2v) is 14.9. The second-order valence-electron chi connectivity index (χ2n) is 14.9. The molecular formula is C54H34N2O2. The number of rotatable bonds is 7. The zero-order valence-corrected chi connectivity index (χ0v) is 31.3. The quantitative estimate of drug-likeness (QED) is 0.152. The summed E-state index contributed by atoms with van der Waals surface area (Å²) in [7, 11) is 0. The molecule has 0 bridgehead atoms. The van der Waals surface area contributed by atoms with Crippen LogP contribution in [0.25, 0.3) is 65.4 Å². The molecule has 0 fully saturated rings. The van der Waals surface area contributed by atoms with Gasteiger partial charge in [0.05, 0.1) is 22.7 Å². The lowest BCUT2D eigenvalue weighted by molar-refractivity contribution is 0.493. The van der Waals surface area contributed by atoms with Crippen molar-refractivity contribution in [1.29, 1.82) is 0 Å². The Balaban J connectivity index is 1.10. The van der Waals surface area contributed by atoms with Gasteiger partial charge in [0.1, 0.15) is 17.1 Å². The molecule has 11 aromatic rings. The van der Waals surface area contributed by atoms with Crippen LogP contribution in [0.1, 0.15) is 0 Å². The number of para-hydroxylation sites is 5. The summed E-state index contributed by atoms with van der Waals surface area (Å²) in [5.41, 5.74) is 10.3. The van der Waals surface area contributed by atoms with E-state index in [1.807, 2.05) is 12.1 Å². The van der Waals surface area contributed by atoms with Crippen LogP contribution in [0, 0.1) is 0 Å². The van der Waals surface area contributed by atoms with E-state index in [4.69, 9.17) is 9.15 Å². The molecule has 0 unspecified atom stereocenters. The maximum Gasteiger partial charge on any atom is 0.159 e. The molecule has 4 nitrogen and oxygen atoms in total. The van der Waals surface area contributed by atoms with Crippen LogP contribution in [-0.2, 0) is 0 Å². The molecular weight excluding hydrogens is 709 g/mol. The highest BCUT2D eigenvalue weighted by Gasteiger charge is 2.27. The maximum absolute atomic E-state index is 7.06. The van der Waals surface area contributed by atoms with Gasteiger partial charge < -0.3 is 19.0 Å². The summed E-state index contributed by atoms with van der Waals surface area (Å²) >= 11 is 0. The SMILES string of the molecule is c1ccc(-c2ccccc2N(c2ccccc2)c2cc3c4c(ccc5cc(N(c6ccccc6)c6cccc7c6oc6ccccc67)c6cccc(c6c54)O3)c2)cc1. The fourth-order valence-electron chi connectivity index (χ4n) is 9.07. The molecule has 4 heteroatoms. The summed E-state index contributed by atoms with van der Waals surface area (Å²) in [6.45, 7) is 0. The van der Waals surface area contributed by atoms with E-state index >= 15 is 0 Å². The summed E-state index contributed by atoms with van der Waals surface area (Å²) in [4.78, 5) is 4.69. The Kier molecular flexibility index (Phi) is 7.20. The molecule has 0 amide bonds. The molecule has 1 aliphatic rings. The first kappa shape index (κ1) is 32.4. The lowest BCUT2D eigenvalue weighted by atomic mass is 9.91. The van der Waals surface area contributed by atoms with Gasteiger partial charge in [-0.25, -0.2) is 0 Å². The van der Waals surface area contributed by atoms with Gasteiger partial charge in [-0.2, -0.15) is 0 Å². The molecule has 0 atom stereocenters. The number of anilines is 6. The monoisotopic (exact) mass is 742 g/mol. The minimum absolute atomic E-state index is 0.840. The molecule has 0 radical (unpaired) electrons. The van der Waals surface area contributed by atoms with Gasteiger partial charge in [-0.1, -0.05) is 140 Å². The Hall–Kier alpha value is -7.82. The fraction of sp³-hybridized carbons (Fsp3) is 0. The van der Waals surface area contributed by atoms with Crippen LogP contribution in [-0.4, -0.2) is 0 Å². The molecule has 0 spiro atoms. The van der Waals surface area contributed by atoms with Gasteiger partial charge >= 0.3 is 0 Å². The highest BCUT2D eigenvalue weighted by molar-refractivity contribution is 6.28. The number of hydrogen-bond donors (Lipinski definition) is 0. The van der Waals surface area contributed by atoms with Crippen LogP contribution in [0.5, 0.6) is 11.5 Å². The number of benzene rings is 10. The van der Waals surface area contributed by atoms with Crippen molar-refractivity contribution < 1.29 is 9.15 Å². The van der Waals surface area contributed by atoms with Crippen molar-refractivity contribution in [3.05, 3.63) is 206 Å². The predicted octanol–water partition coefficient (Wildman–Crippen LogP) is 15.8.